The van der Waals surface area contributed by atoms with Crippen LogP contribution in [0.5, 0.6) is 0 Å². The molecular formula is C19H19ClN2O2S2. The molecule has 0 saturated heterocycles. The molecule has 4 nitrogen and oxygen atoms in total. The van der Waals surface area contributed by atoms with Gasteiger partial charge in [-0.3, -0.25) is 0 Å². The Labute approximate surface area is 162 Å². The highest BCUT2D eigenvalue weighted by Crippen LogP contribution is 2.30. The number of nitrogens with one attached hydrogen (secondary N) is 1. The molecule has 1 N–H and O–H groups in total. The predicted octanol–water partition coefficient (Wildman–Crippen LogP) is 4.87. The Morgan fingerprint density at radius 1 is 1.08 bits per heavy atom. The highest BCUT2D eigenvalue weighted by Gasteiger charge is 2.19. The summed E-state index contributed by atoms with van der Waals surface area (Å²) in [4.78, 5) is 5.70. The lowest BCUT2D eigenvalue weighted by atomic mass is 10.1. The van der Waals surface area contributed by atoms with Crippen molar-refractivity contribution in [2.45, 2.75) is 32.2 Å². The molecule has 3 rings (SSSR count). The molecule has 0 fully saturated rings. The predicted molar refractivity (Wildman–Crippen MR) is 107 cm³/mol. The van der Waals surface area contributed by atoms with Gasteiger partial charge in [0, 0.05) is 22.0 Å². The summed E-state index contributed by atoms with van der Waals surface area (Å²) in [6.45, 7) is 5.88. The zero-order valence-corrected chi connectivity index (χ0v) is 17.1. The van der Waals surface area contributed by atoms with Crippen molar-refractivity contribution in [3.05, 3.63) is 69.2 Å². The largest absolute Gasteiger partial charge is 0.241 e. The molecule has 0 radical (unpaired) electrons. The summed E-state index contributed by atoms with van der Waals surface area (Å²) in [6, 6.07) is 12.9. The lowest BCUT2D eigenvalue weighted by Crippen LogP contribution is -2.23. The maximum atomic E-state index is 12.6. The van der Waals surface area contributed by atoms with Crippen LogP contribution in [0.4, 0.5) is 0 Å². The van der Waals surface area contributed by atoms with Crippen molar-refractivity contribution in [3.8, 4) is 10.6 Å². The molecule has 7 heteroatoms. The Balaban J connectivity index is 1.84. The van der Waals surface area contributed by atoms with Crippen LogP contribution in [-0.2, 0) is 16.6 Å². The molecule has 136 valence electrons. The first-order valence-electron chi connectivity index (χ1n) is 8.06. The fourth-order valence-corrected chi connectivity index (χ4v) is 5.31. The number of hydrogen-bond acceptors (Lipinski definition) is 4. The monoisotopic (exact) mass is 406 g/mol. The highest BCUT2D eigenvalue weighted by molar-refractivity contribution is 7.89. The van der Waals surface area contributed by atoms with Crippen molar-refractivity contribution in [3.63, 3.8) is 0 Å². The van der Waals surface area contributed by atoms with Crippen LogP contribution >= 0.6 is 22.9 Å². The molecule has 0 unspecified atom stereocenters. The molecule has 0 spiro atoms. The second-order valence-corrected chi connectivity index (χ2v) is 9.33. The van der Waals surface area contributed by atoms with Gasteiger partial charge in [-0.1, -0.05) is 41.9 Å². The van der Waals surface area contributed by atoms with E-state index in [0.717, 1.165) is 26.7 Å². The van der Waals surface area contributed by atoms with Crippen LogP contribution < -0.4 is 4.72 Å². The van der Waals surface area contributed by atoms with Crippen LogP contribution in [0.15, 0.2) is 47.4 Å². The van der Waals surface area contributed by atoms with Gasteiger partial charge in [0.2, 0.25) is 10.0 Å². The third kappa shape index (κ3) is 3.99. The first-order chi connectivity index (χ1) is 12.3. The van der Waals surface area contributed by atoms with Gasteiger partial charge in [0.1, 0.15) is 5.01 Å². The number of sulfonamides is 1. The minimum atomic E-state index is -3.65. The van der Waals surface area contributed by atoms with Gasteiger partial charge in [-0.05, 0) is 44.0 Å². The fourth-order valence-electron chi connectivity index (χ4n) is 2.62. The summed E-state index contributed by atoms with van der Waals surface area (Å²) >= 11 is 7.46. The average Bonchev–Trinajstić information content (AvgIpc) is 2.96. The zero-order chi connectivity index (χ0) is 18.9. The Hall–Kier alpha value is -1.73. The molecule has 1 heterocycles. The van der Waals surface area contributed by atoms with Crippen molar-refractivity contribution in [1.29, 1.82) is 0 Å². The van der Waals surface area contributed by atoms with Crippen LogP contribution in [0.1, 0.15) is 21.7 Å². The normalized spacial score (nSPS) is 11.7. The molecule has 0 aliphatic carbocycles. The van der Waals surface area contributed by atoms with Crippen LogP contribution in [0, 0.1) is 20.8 Å². The number of rotatable bonds is 5. The number of thiazole rings is 1. The maximum absolute atomic E-state index is 12.6. The van der Waals surface area contributed by atoms with E-state index in [4.69, 9.17) is 11.6 Å². The van der Waals surface area contributed by atoms with Crippen LogP contribution in [0.3, 0.4) is 0 Å². The van der Waals surface area contributed by atoms with E-state index in [9.17, 15) is 8.42 Å². The van der Waals surface area contributed by atoms with E-state index < -0.39 is 10.0 Å². The van der Waals surface area contributed by atoms with E-state index >= 15 is 0 Å². The summed E-state index contributed by atoms with van der Waals surface area (Å²) in [5.74, 6) is 0. The smallest absolute Gasteiger partial charge is 0.241 e. The third-order valence-electron chi connectivity index (χ3n) is 4.13. The first-order valence-corrected chi connectivity index (χ1v) is 10.7. The molecule has 0 aliphatic rings. The van der Waals surface area contributed by atoms with Gasteiger partial charge in [-0.2, -0.15) is 0 Å². The SMILES string of the molecule is Cc1ccccc1-c1nc(C)c(CNS(=O)(=O)c2cc(Cl)ccc2C)s1. The fraction of sp³-hybridized carbons (Fsp3) is 0.211. The molecule has 2 aromatic carbocycles. The number of benzene rings is 2. The second kappa shape index (κ2) is 7.48. The topological polar surface area (TPSA) is 59.1 Å². The van der Waals surface area contributed by atoms with Crippen LogP contribution in [0.2, 0.25) is 5.02 Å². The Morgan fingerprint density at radius 2 is 1.81 bits per heavy atom. The minimum absolute atomic E-state index is 0.198. The van der Waals surface area contributed by atoms with E-state index in [1.54, 1.807) is 19.1 Å². The van der Waals surface area contributed by atoms with E-state index in [0.29, 0.717) is 10.6 Å². The average molecular weight is 407 g/mol. The van der Waals surface area contributed by atoms with E-state index in [1.807, 2.05) is 38.1 Å². The van der Waals surface area contributed by atoms with Gasteiger partial charge in [0.05, 0.1) is 10.6 Å². The molecule has 0 atom stereocenters. The van der Waals surface area contributed by atoms with Crippen molar-refractivity contribution in [2.24, 2.45) is 0 Å². The standard InChI is InChI=1S/C19H19ClN2O2S2/c1-12-6-4-5-7-16(12)19-22-14(3)17(25-19)11-21-26(23,24)18-10-15(20)9-8-13(18)2/h4-10,21H,11H2,1-3H3. The zero-order valence-electron chi connectivity index (χ0n) is 14.7. The molecule has 26 heavy (non-hydrogen) atoms. The molecule has 0 amide bonds. The van der Waals surface area contributed by atoms with Crippen molar-refractivity contribution in [1.82, 2.24) is 9.71 Å². The molecule has 3 aromatic rings. The summed E-state index contributed by atoms with van der Waals surface area (Å²) in [5, 5.41) is 1.29. The van der Waals surface area contributed by atoms with Crippen molar-refractivity contribution in [2.75, 3.05) is 0 Å². The molecule has 0 bridgehead atoms. The van der Waals surface area contributed by atoms with E-state index in [-0.39, 0.29) is 11.4 Å². The Bertz CT molecular complexity index is 1060. The van der Waals surface area contributed by atoms with Gasteiger partial charge >= 0.3 is 0 Å². The summed E-state index contributed by atoms with van der Waals surface area (Å²) in [6.07, 6.45) is 0. The number of hydrogen-bond donors (Lipinski definition) is 1. The number of aromatic nitrogens is 1. The summed E-state index contributed by atoms with van der Waals surface area (Å²) in [7, 11) is -3.65. The Kier molecular flexibility index (Phi) is 5.48. The van der Waals surface area contributed by atoms with Gasteiger partial charge in [0.25, 0.3) is 0 Å². The summed E-state index contributed by atoms with van der Waals surface area (Å²) in [5.41, 5.74) is 3.70. The molecule has 0 aliphatic heterocycles. The molecule has 0 saturated carbocycles. The van der Waals surface area contributed by atoms with Gasteiger partial charge < -0.3 is 0 Å². The lowest BCUT2D eigenvalue weighted by Gasteiger charge is -2.09. The van der Waals surface area contributed by atoms with Gasteiger partial charge in [-0.25, -0.2) is 18.1 Å². The van der Waals surface area contributed by atoms with Gasteiger partial charge in [-0.15, -0.1) is 11.3 Å². The summed E-state index contributed by atoms with van der Waals surface area (Å²) < 4.78 is 27.9. The second-order valence-electron chi connectivity index (χ2n) is 6.08. The quantitative estimate of drug-likeness (QED) is 0.657. The third-order valence-corrected chi connectivity index (χ3v) is 7.10. The highest BCUT2D eigenvalue weighted by atomic mass is 35.5. The van der Waals surface area contributed by atoms with Crippen molar-refractivity contribution < 1.29 is 8.42 Å². The molecule has 1 aromatic heterocycles. The van der Waals surface area contributed by atoms with Crippen LogP contribution in [-0.4, -0.2) is 13.4 Å². The number of nitrogens with zero attached hydrogens (tertiary/aromatic N) is 1. The maximum Gasteiger partial charge on any atom is 0.241 e. The van der Waals surface area contributed by atoms with Crippen LogP contribution in [0.25, 0.3) is 10.6 Å². The minimum Gasteiger partial charge on any atom is -0.241 e. The number of aryl methyl sites for hydroxylation is 3. The Morgan fingerprint density at radius 3 is 2.54 bits per heavy atom. The van der Waals surface area contributed by atoms with E-state index in [1.165, 1.54) is 17.4 Å². The first kappa shape index (κ1) is 19.0. The molecular weight excluding hydrogens is 388 g/mol. The van der Waals surface area contributed by atoms with Crippen molar-refractivity contribution >= 4 is 33.0 Å². The number of halogens is 1. The van der Waals surface area contributed by atoms with E-state index in [2.05, 4.69) is 9.71 Å². The van der Waals surface area contributed by atoms with Gasteiger partial charge in [0.15, 0.2) is 0 Å². The lowest BCUT2D eigenvalue weighted by molar-refractivity contribution is 0.581.